The first-order valence-electron chi connectivity index (χ1n) is 6.41. The monoisotopic (exact) mass is 341 g/mol. The number of halogens is 1. The molecular weight excluding hydrogens is 326 g/mol. The van der Waals surface area contributed by atoms with Crippen molar-refractivity contribution >= 4 is 33.6 Å². The van der Waals surface area contributed by atoms with Crippen LogP contribution in [-0.4, -0.2) is 35.2 Å². The second kappa shape index (κ2) is 6.71. The first-order chi connectivity index (χ1) is 9.56. The van der Waals surface area contributed by atoms with Crippen molar-refractivity contribution in [3.63, 3.8) is 0 Å². The molecule has 0 atom stereocenters. The number of carbonyl (C=O) groups is 2. The number of piperidine rings is 1. The minimum absolute atomic E-state index is 0.112. The van der Waals surface area contributed by atoms with Crippen LogP contribution in [0.25, 0.3) is 0 Å². The zero-order valence-electron chi connectivity index (χ0n) is 10.9. The molecule has 0 unspecified atom stereocenters. The summed E-state index contributed by atoms with van der Waals surface area (Å²) >= 11 is 3.16. The van der Waals surface area contributed by atoms with Crippen LogP contribution < -0.4 is 10.7 Å². The van der Waals surface area contributed by atoms with E-state index in [0.717, 1.165) is 25.9 Å². The number of benzene rings is 1. The fourth-order valence-electron chi connectivity index (χ4n) is 2.08. The SMILES string of the molecule is O=C(Nc1ccc(Br)c(C(=O)O)c1)NN1CCCCC1. The lowest BCUT2D eigenvalue weighted by molar-refractivity contribution is 0.0696. The van der Waals surface area contributed by atoms with Crippen LogP contribution >= 0.6 is 15.9 Å². The average Bonchev–Trinajstić information content (AvgIpc) is 2.41. The highest BCUT2D eigenvalue weighted by Gasteiger charge is 2.14. The lowest BCUT2D eigenvalue weighted by Gasteiger charge is -2.26. The number of carboxylic acids is 1. The summed E-state index contributed by atoms with van der Waals surface area (Å²) in [6.45, 7) is 1.68. The lowest BCUT2D eigenvalue weighted by atomic mass is 10.2. The molecule has 7 heteroatoms. The predicted octanol–water partition coefficient (Wildman–Crippen LogP) is 2.67. The topological polar surface area (TPSA) is 81.7 Å². The second-order valence-corrected chi connectivity index (χ2v) is 5.47. The molecule has 3 N–H and O–H groups in total. The van der Waals surface area contributed by atoms with Crippen LogP contribution in [0.5, 0.6) is 0 Å². The number of amides is 2. The van der Waals surface area contributed by atoms with Gasteiger partial charge in [-0.15, -0.1) is 0 Å². The van der Waals surface area contributed by atoms with E-state index in [9.17, 15) is 9.59 Å². The molecule has 0 saturated carbocycles. The lowest BCUT2D eigenvalue weighted by Crippen LogP contribution is -2.46. The highest BCUT2D eigenvalue weighted by atomic mass is 79.9. The van der Waals surface area contributed by atoms with Crippen molar-refractivity contribution in [1.29, 1.82) is 0 Å². The molecule has 0 aromatic heterocycles. The Bertz CT molecular complexity index is 516. The Kier molecular flexibility index (Phi) is 4.97. The van der Waals surface area contributed by atoms with Crippen molar-refractivity contribution in [1.82, 2.24) is 10.4 Å². The molecule has 2 rings (SSSR count). The van der Waals surface area contributed by atoms with Gasteiger partial charge < -0.3 is 10.4 Å². The molecular formula is C13H16BrN3O3. The fraction of sp³-hybridized carbons (Fsp3) is 0.385. The predicted molar refractivity (Wildman–Crippen MR) is 78.7 cm³/mol. The summed E-state index contributed by atoms with van der Waals surface area (Å²) < 4.78 is 0.479. The van der Waals surface area contributed by atoms with Crippen molar-refractivity contribution in [3.8, 4) is 0 Å². The summed E-state index contributed by atoms with van der Waals surface area (Å²) in [5.41, 5.74) is 3.31. The van der Waals surface area contributed by atoms with Gasteiger partial charge in [0.05, 0.1) is 5.56 Å². The van der Waals surface area contributed by atoms with E-state index in [-0.39, 0.29) is 11.6 Å². The van der Waals surface area contributed by atoms with Crippen molar-refractivity contribution in [3.05, 3.63) is 28.2 Å². The van der Waals surface area contributed by atoms with Gasteiger partial charge in [0, 0.05) is 23.2 Å². The molecule has 1 saturated heterocycles. The van der Waals surface area contributed by atoms with Crippen LogP contribution in [0, 0.1) is 0 Å². The van der Waals surface area contributed by atoms with Gasteiger partial charge in [0.15, 0.2) is 0 Å². The molecule has 2 amide bonds. The molecule has 1 aromatic rings. The second-order valence-electron chi connectivity index (χ2n) is 4.61. The number of hydrogen-bond donors (Lipinski definition) is 3. The van der Waals surface area contributed by atoms with E-state index in [1.54, 1.807) is 12.1 Å². The summed E-state index contributed by atoms with van der Waals surface area (Å²) in [4.78, 5) is 22.8. The molecule has 0 aliphatic carbocycles. The highest BCUT2D eigenvalue weighted by Crippen LogP contribution is 2.21. The number of rotatable bonds is 3. The minimum Gasteiger partial charge on any atom is -0.478 e. The molecule has 1 aliphatic rings. The normalized spacial score (nSPS) is 15.7. The number of carboxylic acid groups (broad SMARTS) is 1. The Morgan fingerprint density at radius 2 is 1.90 bits per heavy atom. The molecule has 1 fully saturated rings. The van der Waals surface area contributed by atoms with Gasteiger partial charge in [0.1, 0.15) is 0 Å². The maximum Gasteiger partial charge on any atom is 0.336 e. The Hall–Kier alpha value is -1.60. The molecule has 0 radical (unpaired) electrons. The Labute approximate surface area is 125 Å². The number of urea groups is 1. The third kappa shape index (κ3) is 3.94. The molecule has 1 aliphatic heterocycles. The van der Waals surface area contributed by atoms with Crippen LogP contribution in [-0.2, 0) is 0 Å². The maximum absolute atomic E-state index is 11.8. The third-order valence-electron chi connectivity index (χ3n) is 3.07. The van der Waals surface area contributed by atoms with Crippen molar-refractivity contribution < 1.29 is 14.7 Å². The van der Waals surface area contributed by atoms with Crippen molar-refractivity contribution in [2.45, 2.75) is 19.3 Å². The van der Waals surface area contributed by atoms with Crippen LogP contribution in [0.3, 0.4) is 0 Å². The smallest absolute Gasteiger partial charge is 0.336 e. The largest absolute Gasteiger partial charge is 0.478 e. The fourth-order valence-corrected chi connectivity index (χ4v) is 2.49. The quantitative estimate of drug-likeness (QED) is 0.789. The molecule has 0 bridgehead atoms. The van der Waals surface area contributed by atoms with E-state index >= 15 is 0 Å². The molecule has 108 valence electrons. The van der Waals surface area contributed by atoms with Gasteiger partial charge in [-0.05, 0) is 47.0 Å². The van der Waals surface area contributed by atoms with Gasteiger partial charge in [-0.25, -0.2) is 14.6 Å². The average molecular weight is 342 g/mol. The molecule has 1 heterocycles. The van der Waals surface area contributed by atoms with E-state index in [2.05, 4.69) is 26.7 Å². The first kappa shape index (κ1) is 14.8. The Morgan fingerprint density at radius 3 is 2.55 bits per heavy atom. The number of hydrogen-bond acceptors (Lipinski definition) is 3. The van der Waals surface area contributed by atoms with Crippen LogP contribution in [0.4, 0.5) is 10.5 Å². The van der Waals surface area contributed by atoms with Gasteiger partial charge in [0.25, 0.3) is 0 Å². The van der Waals surface area contributed by atoms with Gasteiger partial charge in [-0.3, -0.25) is 5.43 Å². The van der Waals surface area contributed by atoms with Crippen LogP contribution in [0.2, 0.25) is 0 Å². The number of nitrogens with zero attached hydrogens (tertiary/aromatic N) is 1. The minimum atomic E-state index is -1.04. The first-order valence-corrected chi connectivity index (χ1v) is 7.21. The van der Waals surface area contributed by atoms with E-state index in [4.69, 9.17) is 5.11 Å². The molecule has 1 aromatic carbocycles. The van der Waals surface area contributed by atoms with Crippen LogP contribution in [0.15, 0.2) is 22.7 Å². The summed E-state index contributed by atoms with van der Waals surface area (Å²) in [5.74, 6) is -1.04. The Balaban J connectivity index is 1.96. The van der Waals surface area contributed by atoms with Crippen molar-refractivity contribution in [2.24, 2.45) is 0 Å². The van der Waals surface area contributed by atoms with Gasteiger partial charge in [0.2, 0.25) is 0 Å². The number of carbonyl (C=O) groups excluding carboxylic acids is 1. The van der Waals surface area contributed by atoms with Crippen molar-refractivity contribution in [2.75, 3.05) is 18.4 Å². The summed E-state index contributed by atoms with van der Waals surface area (Å²) in [6.07, 6.45) is 3.33. The summed E-state index contributed by atoms with van der Waals surface area (Å²) in [6, 6.07) is 4.31. The van der Waals surface area contributed by atoms with E-state index in [1.807, 2.05) is 5.01 Å². The third-order valence-corrected chi connectivity index (χ3v) is 3.76. The van der Waals surface area contributed by atoms with Gasteiger partial charge in [-0.1, -0.05) is 6.42 Å². The Morgan fingerprint density at radius 1 is 1.20 bits per heavy atom. The van der Waals surface area contributed by atoms with E-state index in [1.165, 1.54) is 12.5 Å². The summed E-state index contributed by atoms with van der Waals surface area (Å²) in [7, 11) is 0. The van der Waals surface area contributed by atoms with E-state index < -0.39 is 5.97 Å². The standard InChI is InChI=1S/C13H16BrN3O3/c14-11-5-4-9(8-10(11)12(18)19)15-13(20)16-17-6-2-1-3-7-17/h4-5,8H,1-3,6-7H2,(H,18,19)(H2,15,16,20). The molecule has 20 heavy (non-hydrogen) atoms. The maximum atomic E-state index is 11.8. The zero-order valence-corrected chi connectivity index (χ0v) is 12.4. The number of aromatic carboxylic acids is 1. The van der Waals surface area contributed by atoms with Gasteiger partial charge in [-0.2, -0.15) is 0 Å². The number of nitrogens with one attached hydrogen (secondary N) is 2. The molecule has 6 nitrogen and oxygen atoms in total. The summed E-state index contributed by atoms with van der Waals surface area (Å²) in [5, 5.41) is 13.5. The molecule has 0 spiro atoms. The zero-order chi connectivity index (χ0) is 14.5. The van der Waals surface area contributed by atoms with Crippen LogP contribution in [0.1, 0.15) is 29.6 Å². The number of anilines is 1. The number of hydrazine groups is 1. The van der Waals surface area contributed by atoms with E-state index in [0.29, 0.717) is 10.2 Å². The van der Waals surface area contributed by atoms with Gasteiger partial charge >= 0.3 is 12.0 Å². The highest BCUT2D eigenvalue weighted by molar-refractivity contribution is 9.10.